The van der Waals surface area contributed by atoms with Gasteiger partial charge in [0.25, 0.3) is 0 Å². The van der Waals surface area contributed by atoms with E-state index < -0.39 is 0 Å². The van der Waals surface area contributed by atoms with Gasteiger partial charge in [0.2, 0.25) is 0 Å². The van der Waals surface area contributed by atoms with E-state index in [4.69, 9.17) is 12.6 Å². The smallest absolute Gasteiger partial charge is 0.00877 e. The van der Waals surface area contributed by atoms with E-state index in [2.05, 4.69) is 5.53 Å². The molecular weight excluding hydrogens is 122 g/mol. The van der Waals surface area contributed by atoms with Crippen LogP contribution in [0.4, 0.5) is 0 Å². The van der Waals surface area contributed by atoms with Gasteiger partial charge < -0.3 is 12.6 Å². The van der Waals surface area contributed by atoms with Crippen molar-refractivity contribution in [1.29, 1.82) is 0 Å². The molecule has 1 unspecified atom stereocenters. The number of nitrogens with zero attached hydrogens (tertiary/aromatic N) is 2. The molecule has 4 heteroatoms. The van der Waals surface area contributed by atoms with Crippen molar-refractivity contribution >= 4 is 12.6 Å². The number of hydrogen-bond acceptors (Lipinski definition) is 4. The Morgan fingerprint density at radius 1 is 1.62 bits per heavy atom. The van der Waals surface area contributed by atoms with Crippen molar-refractivity contribution in [3.05, 3.63) is 0 Å². The van der Waals surface area contributed by atoms with Crippen LogP contribution in [0.3, 0.4) is 0 Å². The molecule has 0 aromatic heterocycles. The summed E-state index contributed by atoms with van der Waals surface area (Å²) in [5.74, 6) is 0. The maximum Gasteiger partial charge on any atom is 0.00877 e. The highest BCUT2D eigenvalue weighted by Crippen LogP contribution is 1.99. The standard InChI is InChI=1S/C4H11N3S/c1-6-3-4(8)7(2)5-6/h4-5,8H,3H2,1-2H3/p-1. The zero-order valence-corrected chi connectivity index (χ0v) is 5.90. The summed E-state index contributed by atoms with van der Waals surface area (Å²) in [6, 6.07) is 0. The lowest BCUT2D eigenvalue weighted by molar-refractivity contribution is 0.169. The second-order valence-corrected chi connectivity index (χ2v) is 2.59. The predicted molar refractivity (Wildman–Crippen MR) is 34.7 cm³/mol. The van der Waals surface area contributed by atoms with Crippen LogP contribution in [-0.2, 0) is 12.6 Å². The molecule has 0 saturated carbocycles. The highest BCUT2D eigenvalue weighted by molar-refractivity contribution is 7.59. The maximum absolute atomic E-state index is 5.02. The molecule has 1 N–H and O–H groups in total. The Morgan fingerprint density at radius 2 is 2.25 bits per heavy atom. The molecule has 1 heterocycles. The van der Waals surface area contributed by atoms with Gasteiger partial charge in [0.05, 0.1) is 0 Å². The Morgan fingerprint density at radius 3 is 2.38 bits per heavy atom. The molecule has 0 amide bonds. The Kier molecular flexibility index (Phi) is 1.77. The maximum atomic E-state index is 5.02. The third-order valence-corrected chi connectivity index (χ3v) is 1.66. The lowest BCUT2D eigenvalue weighted by Gasteiger charge is -2.21. The third kappa shape index (κ3) is 1.14. The van der Waals surface area contributed by atoms with Gasteiger partial charge in [-0.25, -0.2) is 5.01 Å². The molecule has 1 aliphatic heterocycles. The molecular formula is C4H10N3S-. The fraction of sp³-hybridized carbons (Fsp3) is 1.00. The van der Waals surface area contributed by atoms with Crippen LogP contribution in [0.25, 0.3) is 0 Å². The van der Waals surface area contributed by atoms with Crippen LogP contribution in [0.2, 0.25) is 0 Å². The van der Waals surface area contributed by atoms with Crippen LogP contribution in [0.5, 0.6) is 0 Å². The van der Waals surface area contributed by atoms with Gasteiger partial charge in [0.1, 0.15) is 0 Å². The van der Waals surface area contributed by atoms with Gasteiger partial charge in [-0.05, 0) is 0 Å². The molecule has 8 heavy (non-hydrogen) atoms. The molecule has 1 saturated heterocycles. The summed E-state index contributed by atoms with van der Waals surface area (Å²) in [4.78, 5) is 0. The predicted octanol–water partition coefficient (Wildman–Crippen LogP) is -0.844. The van der Waals surface area contributed by atoms with Crippen molar-refractivity contribution in [3.8, 4) is 0 Å². The summed E-state index contributed by atoms with van der Waals surface area (Å²) in [6.45, 7) is 0.922. The first-order chi connectivity index (χ1) is 3.70. The molecule has 3 nitrogen and oxygen atoms in total. The molecule has 0 aromatic carbocycles. The van der Waals surface area contributed by atoms with Gasteiger partial charge in [0.15, 0.2) is 0 Å². The van der Waals surface area contributed by atoms with Crippen LogP contribution < -0.4 is 5.53 Å². The molecule has 0 bridgehead atoms. The molecule has 0 spiro atoms. The summed E-state index contributed by atoms with van der Waals surface area (Å²) >= 11 is 5.02. The van der Waals surface area contributed by atoms with E-state index in [1.165, 1.54) is 0 Å². The highest BCUT2D eigenvalue weighted by Gasteiger charge is 2.12. The minimum Gasteiger partial charge on any atom is -0.771 e. The van der Waals surface area contributed by atoms with Gasteiger partial charge in [0, 0.05) is 20.6 Å². The average Bonchev–Trinajstić information content (AvgIpc) is 1.85. The number of nitrogens with one attached hydrogen (secondary N) is 1. The summed E-state index contributed by atoms with van der Waals surface area (Å²) in [5.41, 5.74) is 3.03. The van der Waals surface area contributed by atoms with Crippen molar-refractivity contribution in [2.24, 2.45) is 0 Å². The van der Waals surface area contributed by atoms with Crippen molar-refractivity contribution in [1.82, 2.24) is 15.6 Å². The van der Waals surface area contributed by atoms with Crippen LogP contribution in [0.15, 0.2) is 0 Å². The molecule has 1 rings (SSSR count). The van der Waals surface area contributed by atoms with E-state index in [9.17, 15) is 0 Å². The molecule has 1 atom stereocenters. The third-order valence-electron chi connectivity index (χ3n) is 1.19. The van der Waals surface area contributed by atoms with Crippen molar-refractivity contribution < 1.29 is 0 Å². The Hall–Kier alpha value is 0.230. The number of hydrazine groups is 2. The van der Waals surface area contributed by atoms with Gasteiger partial charge in [-0.3, -0.25) is 5.01 Å². The fourth-order valence-corrected chi connectivity index (χ4v) is 1.00. The van der Waals surface area contributed by atoms with E-state index in [0.717, 1.165) is 6.54 Å². The topological polar surface area (TPSA) is 18.5 Å². The minimum atomic E-state index is 0.222. The molecule has 0 aromatic rings. The Bertz CT molecular complexity index is 77.4. The summed E-state index contributed by atoms with van der Waals surface area (Å²) in [5, 5.41) is 4.10. The second kappa shape index (κ2) is 2.23. The van der Waals surface area contributed by atoms with Gasteiger partial charge in [-0.15, -0.1) is 0 Å². The molecule has 1 fully saturated rings. The van der Waals surface area contributed by atoms with E-state index >= 15 is 0 Å². The first kappa shape index (κ1) is 6.35. The van der Waals surface area contributed by atoms with E-state index in [0.29, 0.717) is 0 Å². The quantitative estimate of drug-likeness (QED) is 0.433. The largest absolute Gasteiger partial charge is 0.771 e. The fourth-order valence-electron chi connectivity index (χ4n) is 0.731. The van der Waals surface area contributed by atoms with E-state index in [1.807, 2.05) is 24.1 Å². The lowest BCUT2D eigenvalue weighted by atomic mass is 10.6. The normalized spacial score (nSPS) is 34.1. The first-order valence-electron chi connectivity index (χ1n) is 2.56. The minimum absolute atomic E-state index is 0.222. The number of likely N-dealkylation sites (N-methyl/N-ethyl adjacent to an activating group) is 2. The Labute approximate surface area is 55.0 Å². The van der Waals surface area contributed by atoms with Crippen molar-refractivity contribution in [2.75, 3.05) is 20.6 Å². The van der Waals surface area contributed by atoms with Crippen LogP contribution in [0.1, 0.15) is 0 Å². The zero-order chi connectivity index (χ0) is 6.15. The SMILES string of the molecule is CN1CC([S-])N(C)N1. The molecule has 0 radical (unpaired) electrons. The second-order valence-electron chi connectivity index (χ2n) is 2.05. The van der Waals surface area contributed by atoms with Gasteiger partial charge in [-0.1, -0.05) is 5.37 Å². The summed E-state index contributed by atoms with van der Waals surface area (Å²) in [6.07, 6.45) is 0. The van der Waals surface area contributed by atoms with Gasteiger partial charge >= 0.3 is 0 Å². The lowest BCUT2D eigenvalue weighted by Crippen LogP contribution is -2.36. The van der Waals surface area contributed by atoms with E-state index in [1.54, 1.807) is 0 Å². The zero-order valence-electron chi connectivity index (χ0n) is 5.09. The number of hydrogen-bond donors (Lipinski definition) is 1. The highest BCUT2D eigenvalue weighted by atomic mass is 32.1. The van der Waals surface area contributed by atoms with Gasteiger partial charge in [-0.2, -0.15) is 5.53 Å². The van der Waals surface area contributed by atoms with Crippen molar-refractivity contribution in [3.63, 3.8) is 0 Å². The van der Waals surface area contributed by atoms with Crippen molar-refractivity contribution in [2.45, 2.75) is 5.37 Å². The van der Waals surface area contributed by atoms with Crippen LogP contribution >= 0.6 is 0 Å². The number of rotatable bonds is 0. The first-order valence-corrected chi connectivity index (χ1v) is 3.03. The monoisotopic (exact) mass is 132 g/mol. The Balaban J connectivity index is 2.39. The summed E-state index contributed by atoms with van der Waals surface area (Å²) < 4.78 is 0. The average molecular weight is 132 g/mol. The molecule has 0 aliphatic carbocycles. The van der Waals surface area contributed by atoms with E-state index in [-0.39, 0.29) is 5.37 Å². The van der Waals surface area contributed by atoms with Crippen LogP contribution in [-0.4, -0.2) is 36.0 Å². The summed E-state index contributed by atoms with van der Waals surface area (Å²) in [7, 11) is 3.92. The van der Waals surface area contributed by atoms with Crippen LogP contribution in [0, 0.1) is 0 Å². The molecule has 1 aliphatic rings. The molecule has 48 valence electrons.